The Bertz CT molecular complexity index is 1270. The Morgan fingerprint density at radius 3 is 2.77 bits per heavy atom. The summed E-state index contributed by atoms with van der Waals surface area (Å²) in [6.45, 7) is 1.28. The Hall–Kier alpha value is -4.22. The molecule has 31 heavy (non-hydrogen) atoms. The number of para-hydroxylation sites is 1. The molecular formula is C23H21N7O. The van der Waals surface area contributed by atoms with Gasteiger partial charge in [0.05, 0.1) is 11.3 Å². The molecule has 2 aromatic carbocycles. The van der Waals surface area contributed by atoms with Gasteiger partial charge >= 0.3 is 0 Å². The number of rotatable bonds is 7. The number of hydrogen-bond donors (Lipinski definition) is 3. The van der Waals surface area contributed by atoms with E-state index in [0.717, 1.165) is 11.1 Å². The molecule has 4 rings (SSSR count). The maximum atomic E-state index is 12.3. The number of hydrogen-bond acceptors (Lipinski definition) is 6. The first-order chi connectivity index (χ1) is 15.2. The second kappa shape index (κ2) is 9.07. The molecule has 0 atom stereocenters. The van der Waals surface area contributed by atoms with E-state index in [1.165, 1.54) is 0 Å². The molecule has 0 aliphatic carbocycles. The van der Waals surface area contributed by atoms with Crippen molar-refractivity contribution in [3.63, 3.8) is 0 Å². The molecular weight excluding hydrogens is 390 g/mol. The number of carbonyl (C=O) groups is 1. The van der Waals surface area contributed by atoms with E-state index in [-0.39, 0.29) is 5.91 Å². The fourth-order valence-electron chi connectivity index (χ4n) is 3.16. The first kappa shape index (κ1) is 20.1. The maximum Gasteiger partial charge on any atom is 0.251 e. The molecule has 0 saturated carbocycles. The number of anilines is 2. The third-order valence-electron chi connectivity index (χ3n) is 4.74. The smallest absolute Gasteiger partial charge is 0.251 e. The number of fused-ring (bicyclic) bond motifs is 1. The Kier molecular flexibility index (Phi) is 5.87. The minimum absolute atomic E-state index is 0.110. The number of nitriles is 1. The van der Waals surface area contributed by atoms with Gasteiger partial charge in [-0.1, -0.05) is 24.3 Å². The number of likely N-dealkylation sites (N-methyl/N-ethyl adjacent to an activating group) is 1. The van der Waals surface area contributed by atoms with Gasteiger partial charge in [-0.25, -0.2) is 4.52 Å². The molecule has 2 heterocycles. The van der Waals surface area contributed by atoms with Crippen molar-refractivity contribution in [3.8, 4) is 17.2 Å². The van der Waals surface area contributed by atoms with E-state index < -0.39 is 0 Å². The zero-order chi connectivity index (χ0) is 21.6. The van der Waals surface area contributed by atoms with E-state index >= 15 is 0 Å². The average Bonchev–Trinajstić information content (AvgIpc) is 3.21. The van der Waals surface area contributed by atoms with Gasteiger partial charge in [0.2, 0.25) is 5.95 Å². The molecule has 8 nitrogen and oxygen atoms in total. The van der Waals surface area contributed by atoms with Crippen LogP contribution in [-0.4, -0.2) is 40.6 Å². The number of benzene rings is 2. The summed E-state index contributed by atoms with van der Waals surface area (Å²) < 4.78 is 1.67. The van der Waals surface area contributed by atoms with Crippen molar-refractivity contribution in [1.82, 2.24) is 25.2 Å². The minimum atomic E-state index is -0.110. The van der Waals surface area contributed by atoms with E-state index in [0.29, 0.717) is 41.5 Å². The largest absolute Gasteiger partial charge is 0.351 e. The zero-order valence-electron chi connectivity index (χ0n) is 17.0. The van der Waals surface area contributed by atoms with Crippen LogP contribution in [0, 0.1) is 11.3 Å². The molecule has 0 aliphatic rings. The summed E-state index contributed by atoms with van der Waals surface area (Å²) in [6.07, 6.45) is 1.86. The summed E-state index contributed by atoms with van der Waals surface area (Å²) in [6, 6.07) is 20.6. The molecule has 3 N–H and O–H groups in total. The van der Waals surface area contributed by atoms with Crippen LogP contribution in [0.25, 0.3) is 16.8 Å². The predicted molar refractivity (Wildman–Crippen MR) is 119 cm³/mol. The third-order valence-corrected chi connectivity index (χ3v) is 4.74. The maximum absolute atomic E-state index is 12.3. The fourth-order valence-corrected chi connectivity index (χ4v) is 3.16. The van der Waals surface area contributed by atoms with Crippen molar-refractivity contribution in [2.45, 2.75) is 0 Å². The lowest BCUT2D eigenvalue weighted by Gasteiger charge is -2.07. The van der Waals surface area contributed by atoms with Gasteiger partial charge in [-0.3, -0.25) is 4.79 Å². The first-order valence-corrected chi connectivity index (χ1v) is 9.84. The van der Waals surface area contributed by atoms with Crippen LogP contribution in [0.2, 0.25) is 0 Å². The van der Waals surface area contributed by atoms with Crippen molar-refractivity contribution >= 4 is 23.2 Å². The van der Waals surface area contributed by atoms with Gasteiger partial charge in [0.1, 0.15) is 6.07 Å². The van der Waals surface area contributed by atoms with E-state index in [4.69, 9.17) is 0 Å². The van der Waals surface area contributed by atoms with Crippen LogP contribution >= 0.6 is 0 Å². The summed E-state index contributed by atoms with van der Waals surface area (Å²) in [5, 5.41) is 22.7. The van der Waals surface area contributed by atoms with E-state index in [9.17, 15) is 10.1 Å². The molecule has 154 valence electrons. The molecule has 0 aliphatic heterocycles. The molecule has 1 amide bonds. The zero-order valence-corrected chi connectivity index (χ0v) is 17.0. The van der Waals surface area contributed by atoms with Crippen molar-refractivity contribution in [1.29, 1.82) is 5.26 Å². The molecule has 0 bridgehead atoms. The second-order valence-corrected chi connectivity index (χ2v) is 6.88. The lowest BCUT2D eigenvalue weighted by atomic mass is 10.0. The number of pyridine rings is 1. The topological polar surface area (TPSA) is 107 Å². The van der Waals surface area contributed by atoms with Crippen LogP contribution in [-0.2, 0) is 0 Å². The molecule has 8 heteroatoms. The lowest BCUT2D eigenvalue weighted by molar-refractivity contribution is 0.0954. The summed E-state index contributed by atoms with van der Waals surface area (Å²) in [5.74, 6) is 0.291. The van der Waals surface area contributed by atoms with Crippen LogP contribution in [0.1, 0.15) is 15.9 Å². The number of nitrogens with zero attached hydrogens (tertiary/aromatic N) is 4. The predicted octanol–water partition coefficient (Wildman–Crippen LogP) is 2.96. The van der Waals surface area contributed by atoms with Gasteiger partial charge in [0.15, 0.2) is 5.65 Å². The summed E-state index contributed by atoms with van der Waals surface area (Å²) in [5.41, 5.74) is 4.25. The highest BCUT2D eigenvalue weighted by atomic mass is 16.1. The molecule has 4 aromatic rings. The van der Waals surface area contributed by atoms with Crippen LogP contribution in [0.15, 0.2) is 66.9 Å². The van der Waals surface area contributed by atoms with Gasteiger partial charge in [-0.05, 0) is 49.0 Å². The van der Waals surface area contributed by atoms with Crippen molar-refractivity contribution in [2.24, 2.45) is 0 Å². The normalized spacial score (nSPS) is 10.6. The first-order valence-electron chi connectivity index (χ1n) is 9.84. The number of amides is 1. The molecule has 0 unspecified atom stereocenters. The Morgan fingerprint density at radius 2 is 1.94 bits per heavy atom. The van der Waals surface area contributed by atoms with Gasteiger partial charge in [-0.15, -0.1) is 5.10 Å². The van der Waals surface area contributed by atoms with Gasteiger partial charge in [0.25, 0.3) is 5.91 Å². The summed E-state index contributed by atoms with van der Waals surface area (Å²) in [7, 11) is 1.84. The van der Waals surface area contributed by atoms with Gasteiger partial charge in [0, 0.05) is 30.4 Å². The highest BCUT2D eigenvalue weighted by Gasteiger charge is 2.10. The van der Waals surface area contributed by atoms with E-state index in [2.05, 4.69) is 32.1 Å². The fraction of sp³-hybridized carbons (Fsp3) is 0.130. The van der Waals surface area contributed by atoms with Crippen LogP contribution in [0.5, 0.6) is 0 Å². The van der Waals surface area contributed by atoms with Crippen LogP contribution < -0.4 is 16.0 Å². The number of carbonyl (C=O) groups excluding carboxylic acids is 1. The van der Waals surface area contributed by atoms with E-state index in [1.807, 2.05) is 61.8 Å². The van der Waals surface area contributed by atoms with Crippen LogP contribution in [0.4, 0.5) is 11.6 Å². The Balaban J connectivity index is 1.58. The second-order valence-electron chi connectivity index (χ2n) is 6.88. The highest BCUT2D eigenvalue weighted by molar-refractivity contribution is 5.95. The summed E-state index contributed by atoms with van der Waals surface area (Å²) in [4.78, 5) is 16.8. The third kappa shape index (κ3) is 4.52. The minimum Gasteiger partial charge on any atom is -0.351 e. The standard InChI is InChI=1S/C23H21N7O/c1-25-11-12-26-22(31)17-7-4-6-16(13-17)19-9-10-21-28-23(29-30(21)15-19)27-20-8-3-2-5-18(20)14-24/h2-10,13,15,25H,11-12H2,1H3,(H,26,31)(H,27,29). The Labute approximate surface area is 179 Å². The van der Waals surface area contributed by atoms with Crippen molar-refractivity contribution in [3.05, 3.63) is 78.0 Å². The highest BCUT2D eigenvalue weighted by Crippen LogP contribution is 2.23. The van der Waals surface area contributed by atoms with Gasteiger partial charge in [-0.2, -0.15) is 10.2 Å². The average molecular weight is 411 g/mol. The monoisotopic (exact) mass is 411 g/mol. The number of nitrogens with one attached hydrogen (secondary N) is 3. The van der Waals surface area contributed by atoms with Crippen molar-refractivity contribution in [2.75, 3.05) is 25.5 Å². The summed E-state index contributed by atoms with van der Waals surface area (Å²) >= 11 is 0. The van der Waals surface area contributed by atoms with Gasteiger partial charge < -0.3 is 16.0 Å². The molecule has 0 fully saturated rings. The van der Waals surface area contributed by atoms with E-state index in [1.54, 1.807) is 16.6 Å². The number of aromatic nitrogens is 3. The quantitative estimate of drug-likeness (QED) is 0.404. The van der Waals surface area contributed by atoms with Crippen LogP contribution in [0.3, 0.4) is 0 Å². The Morgan fingerprint density at radius 1 is 1.06 bits per heavy atom. The van der Waals surface area contributed by atoms with Crippen molar-refractivity contribution < 1.29 is 4.79 Å². The lowest BCUT2D eigenvalue weighted by Crippen LogP contribution is -2.30. The molecule has 0 radical (unpaired) electrons. The molecule has 0 spiro atoms. The SMILES string of the molecule is CNCCNC(=O)c1cccc(-c2ccc3nc(Nc4ccccc4C#N)nn3c2)c1. The molecule has 2 aromatic heterocycles. The molecule has 0 saturated heterocycles.